The van der Waals surface area contributed by atoms with Gasteiger partial charge in [-0.3, -0.25) is 14.4 Å². The topological polar surface area (TPSA) is 116 Å². The molecule has 37 heavy (non-hydrogen) atoms. The molecule has 0 N–H and O–H groups in total. The molecule has 2 heterocycles. The van der Waals surface area contributed by atoms with Crippen LogP contribution in [0.2, 0.25) is 0 Å². The standard InChI is InChI=1S/C26H31IO10/c1-7-26(35-15(4)28)20(34-24-21(26)36-25(5,6)37-24)14-33-19-13-17(27)11-10-16(19)12-18(22(29)31-8-2)23(30)32-9-3/h1,10-11,13,18,20-21,24H,8-9,12,14H2,2-6H3/t20-,21+,24-,26-/m1/s1. The SMILES string of the molecule is C#C[C@@]1(OC(C)=O)[C@@H](COc2cc(I)ccc2CC(C(=O)OCC)C(=O)OCC)O[C@@H]2OC(C)(C)O[C@@H]21. The summed E-state index contributed by atoms with van der Waals surface area (Å²) in [7, 11) is 0. The fourth-order valence-corrected chi connectivity index (χ4v) is 4.72. The minimum atomic E-state index is -1.59. The Morgan fingerprint density at radius 3 is 2.35 bits per heavy atom. The third-order valence-electron chi connectivity index (χ3n) is 5.78. The van der Waals surface area contributed by atoms with Crippen molar-refractivity contribution in [2.24, 2.45) is 5.92 Å². The summed E-state index contributed by atoms with van der Waals surface area (Å²) in [5.41, 5.74) is -1.03. The van der Waals surface area contributed by atoms with Crippen LogP contribution >= 0.6 is 22.6 Å². The average Bonchev–Trinajstić information content (AvgIpc) is 3.26. The molecule has 2 saturated heterocycles. The van der Waals surface area contributed by atoms with Crippen LogP contribution in [0.5, 0.6) is 5.75 Å². The molecule has 10 nitrogen and oxygen atoms in total. The maximum atomic E-state index is 12.5. The maximum Gasteiger partial charge on any atom is 0.320 e. The number of fused-ring (bicyclic) bond motifs is 1. The highest BCUT2D eigenvalue weighted by molar-refractivity contribution is 14.1. The molecule has 11 heteroatoms. The number of ether oxygens (including phenoxy) is 7. The quantitative estimate of drug-likeness (QED) is 0.126. The number of esters is 3. The maximum absolute atomic E-state index is 12.5. The molecule has 0 unspecified atom stereocenters. The van der Waals surface area contributed by atoms with Crippen molar-refractivity contribution >= 4 is 40.5 Å². The number of carbonyl (C=O) groups excluding carboxylic acids is 3. The minimum Gasteiger partial charge on any atom is -0.490 e. The van der Waals surface area contributed by atoms with Gasteiger partial charge in [-0.2, -0.15) is 0 Å². The van der Waals surface area contributed by atoms with Crippen molar-refractivity contribution in [1.29, 1.82) is 0 Å². The first-order valence-electron chi connectivity index (χ1n) is 11.9. The van der Waals surface area contributed by atoms with Gasteiger partial charge in [-0.1, -0.05) is 12.0 Å². The van der Waals surface area contributed by atoms with Crippen LogP contribution in [0.15, 0.2) is 18.2 Å². The second kappa shape index (κ2) is 12.0. The summed E-state index contributed by atoms with van der Waals surface area (Å²) in [5.74, 6) is -1.20. The second-order valence-electron chi connectivity index (χ2n) is 8.90. The first-order valence-corrected chi connectivity index (χ1v) is 13.0. The van der Waals surface area contributed by atoms with Crippen LogP contribution < -0.4 is 4.74 Å². The van der Waals surface area contributed by atoms with Crippen molar-refractivity contribution in [3.05, 3.63) is 27.3 Å². The van der Waals surface area contributed by atoms with E-state index >= 15 is 0 Å². The molecular formula is C26H31IO10. The smallest absolute Gasteiger partial charge is 0.320 e. The molecular weight excluding hydrogens is 599 g/mol. The van der Waals surface area contributed by atoms with Crippen molar-refractivity contribution in [1.82, 2.24) is 0 Å². The molecule has 1 aromatic carbocycles. The molecule has 0 amide bonds. The van der Waals surface area contributed by atoms with Crippen LogP contribution in [-0.4, -0.2) is 67.6 Å². The lowest BCUT2D eigenvalue weighted by Crippen LogP contribution is -2.53. The summed E-state index contributed by atoms with van der Waals surface area (Å²) in [6, 6.07) is 5.32. The van der Waals surface area contributed by atoms with Gasteiger partial charge in [-0.05, 0) is 74.4 Å². The van der Waals surface area contributed by atoms with Gasteiger partial charge in [-0.15, -0.1) is 6.42 Å². The molecule has 0 radical (unpaired) electrons. The zero-order valence-electron chi connectivity index (χ0n) is 21.4. The number of hydrogen-bond donors (Lipinski definition) is 0. The van der Waals surface area contributed by atoms with Gasteiger partial charge < -0.3 is 33.2 Å². The molecule has 0 aromatic heterocycles. The molecule has 4 atom stereocenters. The second-order valence-corrected chi connectivity index (χ2v) is 10.1. The molecule has 3 rings (SSSR count). The molecule has 2 fully saturated rings. The summed E-state index contributed by atoms with van der Waals surface area (Å²) in [4.78, 5) is 37.0. The lowest BCUT2D eigenvalue weighted by atomic mass is 9.93. The highest BCUT2D eigenvalue weighted by Gasteiger charge is 2.66. The molecule has 2 aliphatic rings. The molecule has 0 aliphatic carbocycles. The van der Waals surface area contributed by atoms with Crippen molar-refractivity contribution in [3.8, 4) is 18.1 Å². The normalized spacial score (nSPS) is 25.7. The highest BCUT2D eigenvalue weighted by Crippen LogP contribution is 2.45. The van der Waals surface area contributed by atoms with Gasteiger partial charge in [-0.25, -0.2) is 0 Å². The zero-order chi connectivity index (χ0) is 27.4. The summed E-state index contributed by atoms with van der Waals surface area (Å²) in [5, 5.41) is 0. The van der Waals surface area contributed by atoms with Gasteiger partial charge in [0.25, 0.3) is 0 Å². The molecule has 0 saturated carbocycles. The van der Waals surface area contributed by atoms with Crippen LogP contribution in [0.1, 0.15) is 40.2 Å². The van der Waals surface area contributed by atoms with Gasteiger partial charge in [0.1, 0.15) is 18.5 Å². The van der Waals surface area contributed by atoms with Crippen LogP contribution in [0.4, 0.5) is 0 Å². The van der Waals surface area contributed by atoms with E-state index in [0.717, 1.165) is 3.57 Å². The number of rotatable bonds is 10. The highest BCUT2D eigenvalue weighted by atomic mass is 127. The van der Waals surface area contributed by atoms with E-state index in [4.69, 9.17) is 39.6 Å². The predicted octanol–water partition coefficient (Wildman–Crippen LogP) is 2.77. The Balaban J connectivity index is 1.86. The fourth-order valence-electron chi connectivity index (χ4n) is 4.26. The zero-order valence-corrected chi connectivity index (χ0v) is 23.6. The van der Waals surface area contributed by atoms with Crippen LogP contribution in [0.25, 0.3) is 0 Å². The van der Waals surface area contributed by atoms with E-state index in [1.165, 1.54) is 6.92 Å². The Hall–Kier alpha value is -2.40. The number of benzene rings is 1. The Kier molecular flexibility index (Phi) is 9.44. The van der Waals surface area contributed by atoms with Crippen molar-refractivity contribution in [3.63, 3.8) is 0 Å². The van der Waals surface area contributed by atoms with Crippen molar-refractivity contribution in [2.45, 2.75) is 70.9 Å². The summed E-state index contributed by atoms with van der Waals surface area (Å²) in [6.07, 6.45) is 3.19. The molecule has 0 bridgehead atoms. The first-order chi connectivity index (χ1) is 17.5. The first kappa shape index (κ1) is 29.2. The van der Waals surface area contributed by atoms with Gasteiger partial charge in [0.05, 0.1) is 13.2 Å². The largest absolute Gasteiger partial charge is 0.490 e. The molecule has 202 valence electrons. The lowest BCUT2D eigenvalue weighted by molar-refractivity contribution is -0.229. The molecule has 1 aromatic rings. The number of terminal acetylenes is 1. The number of hydrogen-bond acceptors (Lipinski definition) is 10. The fraction of sp³-hybridized carbons (Fsp3) is 0.577. The van der Waals surface area contributed by atoms with E-state index in [1.807, 2.05) is 6.07 Å². The van der Waals surface area contributed by atoms with Gasteiger partial charge in [0.15, 0.2) is 24.1 Å². The Morgan fingerprint density at radius 2 is 1.78 bits per heavy atom. The van der Waals surface area contributed by atoms with Gasteiger partial charge in [0.2, 0.25) is 5.60 Å². The number of carbonyl (C=O) groups is 3. The Labute approximate surface area is 229 Å². The van der Waals surface area contributed by atoms with Gasteiger partial charge in [0, 0.05) is 10.5 Å². The van der Waals surface area contributed by atoms with E-state index in [1.54, 1.807) is 39.8 Å². The molecule has 2 aliphatic heterocycles. The minimum absolute atomic E-state index is 0.00860. The third kappa shape index (κ3) is 6.54. The summed E-state index contributed by atoms with van der Waals surface area (Å²) >= 11 is 2.12. The van der Waals surface area contributed by atoms with Crippen LogP contribution in [0, 0.1) is 21.8 Å². The van der Waals surface area contributed by atoms with Crippen LogP contribution in [0.3, 0.4) is 0 Å². The van der Waals surface area contributed by atoms with E-state index in [9.17, 15) is 14.4 Å². The molecule has 0 spiro atoms. The monoisotopic (exact) mass is 630 g/mol. The lowest BCUT2D eigenvalue weighted by Gasteiger charge is -2.33. The Morgan fingerprint density at radius 1 is 1.14 bits per heavy atom. The van der Waals surface area contributed by atoms with E-state index in [2.05, 4.69) is 28.5 Å². The predicted molar refractivity (Wildman–Crippen MR) is 137 cm³/mol. The van der Waals surface area contributed by atoms with E-state index < -0.39 is 53.7 Å². The van der Waals surface area contributed by atoms with Gasteiger partial charge >= 0.3 is 17.9 Å². The number of halogens is 1. The average molecular weight is 630 g/mol. The van der Waals surface area contributed by atoms with Crippen molar-refractivity contribution < 1.29 is 47.5 Å². The van der Waals surface area contributed by atoms with Crippen LogP contribution in [-0.2, 0) is 49.2 Å². The van der Waals surface area contributed by atoms with Crippen molar-refractivity contribution in [2.75, 3.05) is 19.8 Å². The van der Waals surface area contributed by atoms with E-state index in [0.29, 0.717) is 11.3 Å². The summed E-state index contributed by atoms with van der Waals surface area (Å²) in [6.45, 7) is 8.09. The third-order valence-corrected chi connectivity index (χ3v) is 6.45. The Bertz CT molecular complexity index is 1050. The van der Waals surface area contributed by atoms with E-state index in [-0.39, 0.29) is 26.2 Å². The summed E-state index contributed by atoms with van der Waals surface area (Å²) < 4.78 is 40.4.